The SMILES string of the molecule is COc1ccc(C(=O)Nc2ccccc2C(=O)NC(C)c2ccccc2)cc1OC. The number of nitrogens with one attached hydrogen (secondary N) is 2. The van der Waals surface area contributed by atoms with E-state index in [1.807, 2.05) is 37.3 Å². The van der Waals surface area contributed by atoms with E-state index in [1.54, 1.807) is 42.5 Å². The fourth-order valence-electron chi connectivity index (χ4n) is 3.06. The van der Waals surface area contributed by atoms with Crippen LogP contribution in [0.4, 0.5) is 5.69 Å². The van der Waals surface area contributed by atoms with Gasteiger partial charge in [-0.2, -0.15) is 0 Å². The van der Waals surface area contributed by atoms with E-state index in [4.69, 9.17) is 9.47 Å². The van der Waals surface area contributed by atoms with Crippen LogP contribution in [-0.2, 0) is 0 Å². The van der Waals surface area contributed by atoms with Crippen LogP contribution < -0.4 is 20.1 Å². The van der Waals surface area contributed by atoms with Crippen LogP contribution in [0.25, 0.3) is 0 Å². The molecule has 3 aromatic rings. The van der Waals surface area contributed by atoms with E-state index >= 15 is 0 Å². The quantitative estimate of drug-likeness (QED) is 0.610. The van der Waals surface area contributed by atoms with Gasteiger partial charge in [0.2, 0.25) is 0 Å². The first kappa shape index (κ1) is 20.9. The van der Waals surface area contributed by atoms with Crippen molar-refractivity contribution in [3.63, 3.8) is 0 Å². The van der Waals surface area contributed by atoms with Crippen molar-refractivity contribution in [1.29, 1.82) is 0 Å². The lowest BCUT2D eigenvalue weighted by Gasteiger charge is -2.16. The highest BCUT2D eigenvalue weighted by Crippen LogP contribution is 2.28. The van der Waals surface area contributed by atoms with E-state index in [9.17, 15) is 9.59 Å². The van der Waals surface area contributed by atoms with Crippen molar-refractivity contribution in [1.82, 2.24) is 5.32 Å². The Hall–Kier alpha value is -3.80. The van der Waals surface area contributed by atoms with Gasteiger partial charge in [0.1, 0.15) is 0 Å². The fourth-order valence-corrected chi connectivity index (χ4v) is 3.06. The average molecular weight is 404 g/mol. The molecule has 0 radical (unpaired) electrons. The normalized spacial score (nSPS) is 11.3. The molecule has 0 aliphatic carbocycles. The highest BCUT2D eigenvalue weighted by molar-refractivity contribution is 6.09. The lowest BCUT2D eigenvalue weighted by molar-refractivity contribution is 0.0941. The maximum atomic E-state index is 12.9. The molecule has 30 heavy (non-hydrogen) atoms. The predicted octanol–water partition coefficient (Wildman–Crippen LogP) is 4.45. The zero-order valence-electron chi connectivity index (χ0n) is 17.1. The van der Waals surface area contributed by atoms with Gasteiger partial charge in [-0.15, -0.1) is 0 Å². The summed E-state index contributed by atoms with van der Waals surface area (Å²) in [6.45, 7) is 1.91. The number of hydrogen-bond acceptors (Lipinski definition) is 4. The molecule has 2 N–H and O–H groups in total. The predicted molar refractivity (Wildman–Crippen MR) is 116 cm³/mol. The number of carbonyl (C=O) groups excluding carboxylic acids is 2. The van der Waals surface area contributed by atoms with E-state index in [0.29, 0.717) is 28.3 Å². The molecule has 3 aromatic carbocycles. The van der Waals surface area contributed by atoms with Crippen LogP contribution in [0.3, 0.4) is 0 Å². The molecule has 0 heterocycles. The van der Waals surface area contributed by atoms with Gasteiger partial charge in [0.25, 0.3) is 11.8 Å². The van der Waals surface area contributed by atoms with E-state index in [1.165, 1.54) is 14.2 Å². The number of benzene rings is 3. The summed E-state index contributed by atoms with van der Waals surface area (Å²) >= 11 is 0. The molecule has 6 nitrogen and oxygen atoms in total. The monoisotopic (exact) mass is 404 g/mol. The van der Waals surface area contributed by atoms with Crippen molar-refractivity contribution in [3.8, 4) is 11.5 Å². The molecular weight excluding hydrogens is 380 g/mol. The van der Waals surface area contributed by atoms with Crippen LogP contribution in [0.15, 0.2) is 72.8 Å². The van der Waals surface area contributed by atoms with Gasteiger partial charge >= 0.3 is 0 Å². The molecule has 154 valence electrons. The summed E-state index contributed by atoms with van der Waals surface area (Å²) in [4.78, 5) is 25.6. The number of rotatable bonds is 7. The van der Waals surface area contributed by atoms with Crippen LogP contribution in [0.5, 0.6) is 11.5 Å². The number of anilines is 1. The van der Waals surface area contributed by atoms with Gasteiger partial charge in [-0.1, -0.05) is 42.5 Å². The smallest absolute Gasteiger partial charge is 0.255 e. The Morgan fingerprint density at radius 2 is 1.47 bits per heavy atom. The molecule has 0 saturated carbocycles. The summed E-state index contributed by atoms with van der Waals surface area (Å²) in [6, 6.07) is 21.3. The van der Waals surface area contributed by atoms with Crippen LogP contribution in [0, 0.1) is 0 Å². The summed E-state index contributed by atoms with van der Waals surface area (Å²) in [5.41, 5.74) is 2.20. The zero-order valence-corrected chi connectivity index (χ0v) is 17.1. The maximum absolute atomic E-state index is 12.9. The van der Waals surface area contributed by atoms with Crippen LogP contribution in [0.1, 0.15) is 39.2 Å². The van der Waals surface area contributed by atoms with E-state index in [-0.39, 0.29) is 17.9 Å². The largest absolute Gasteiger partial charge is 0.493 e. The fraction of sp³-hybridized carbons (Fsp3) is 0.167. The summed E-state index contributed by atoms with van der Waals surface area (Å²) in [6.07, 6.45) is 0. The highest BCUT2D eigenvalue weighted by atomic mass is 16.5. The molecule has 0 spiro atoms. The summed E-state index contributed by atoms with van der Waals surface area (Å²) in [7, 11) is 3.04. The molecule has 1 atom stereocenters. The zero-order chi connectivity index (χ0) is 21.5. The third-order valence-corrected chi connectivity index (χ3v) is 4.71. The molecule has 0 aromatic heterocycles. The topological polar surface area (TPSA) is 76.7 Å². The van der Waals surface area contributed by atoms with Crippen molar-refractivity contribution >= 4 is 17.5 Å². The van der Waals surface area contributed by atoms with Gasteiger partial charge in [-0.05, 0) is 42.8 Å². The number of methoxy groups -OCH3 is 2. The Morgan fingerprint density at radius 1 is 0.800 bits per heavy atom. The summed E-state index contributed by atoms with van der Waals surface area (Å²) < 4.78 is 10.5. The second-order valence-electron chi connectivity index (χ2n) is 6.68. The Bertz CT molecular complexity index is 1030. The second kappa shape index (κ2) is 9.60. The first-order chi connectivity index (χ1) is 14.5. The molecule has 0 bridgehead atoms. The van der Waals surface area contributed by atoms with Gasteiger partial charge in [-0.25, -0.2) is 0 Å². The second-order valence-corrected chi connectivity index (χ2v) is 6.68. The third kappa shape index (κ3) is 4.78. The molecule has 0 fully saturated rings. The number of ether oxygens (including phenoxy) is 2. The van der Waals surface area contributed by atoms with E-state index < -0.39 is 0 Å². The Labute approximate surface area is 175 Å². The maximum Gasteiger partial charge on any atom is 0.255 e. The molecule has 0 aliphatic rings. The number of para-hydroxylation sites is 1. The van der Waals surface area contributed by atoms with Crippen molar-refractivity contribution < 1.29 is 19.1 Å². The minimum Gasteiger partial charge on any atom is -0.493 e. The number of hydrogen-bond donors (Lipinski definition) is 2. The molecular formula is C24H24N2O4. The standard InChI is InChI=1S/C24H24N2O4/c1-16(17-9-5-4-6-10-17)25-24(28)19-11-7-8-12-20(19)26-23(27)18-13-14-21(29-2)22(15-18)30-3/h4-16H,1-3H3,(H,25,28)(H,26,27). The molecule has 3 rings (SSSR count). The van der Waals surface area contributed by atoms with Crippen LogP contribution >= 0.6 is 0 Å². The Kier molecular flexibility index (Phi) is 6.70. The van der Waals surface area contributed by atoms with E-state index in [0.717, 1.165) is 5.56 Å². The molecule has 0 aliphatic heterocycles. The Balaban J connectivity index is 1.78. The third-order valence-electron chi connectivity index (χ3n) is 4.71. The molecule has 0 saturated heterocycles. The lowest BCUT2D eigenvalue weighted by Crippen LogP contribution is -2.28. The summed E-state index contributed by atoms with van der Waals surface area (Å²) in [5.74, 6) is 0.360. The van der Waals surface area contributed by atoms with Gasteiger partial charge in [0, 0.05) is 5.56 Å². The molecule has 1 unspecified atom stereocenters. The Morgan fingerprint density at radius 3 is 2.17 bits per heavy atom. The van der Waals surface area contributed by atoms with Gasteiger partial charge < -0.3 is 20.1 Å². The minimum absolute atomic E-state index is 0.173. The average Bonchev–Trinajstić information content (AvgIpc) is 2.79. The van der Waals surface area contributed by atoms with Gasteiger partial charge in [-0.3, -0.25) is 9.59 Å². The lowest BCUT2D eigenvalue weighted by atomic mass is 10.1. The first-order valence-corrected chi connectivity index (χ1v) is 9.51. The van der Waals surface area contributed by atoms with Gasteiger partial charge in [0.15, 0.2) is 11.5 Å². The van der Waals surface area contributed by atoms with Crippen molar-refractivity contribution in [2.24, 2.45) is 0 Å². The number of carbonyl (C=O) groups is 2. The first-order valence-electron chi connectivity index (χ1n) is 9.51. The molecule has 6 heteroatoms. The minimum atomic E-state index is -0.354. The van der Waals surface area contributed by atoms with Crippen molar-refractivity contribution in [2.75, 3.05) is 19.5 Å². The van der Waals surface area contributed by atoms with Gasteiger partial charge in [0.05, 0.1) is 31.5 Å². The molecule has 2 amide bonds. The van der Waals surface area contributed by atoms with E-state index in [2.05, 4.69) is 10.6 Å². The summed E-state index contributed by atoms with van der Waals surface area (Å²) in [5, 5.41) is 5.79. The number of amides is 2. The highest BCUT2D eigenvalue weighted by Gasteiger charge is 2.17. The van der Waals surface area contributed by atoms with Crippen LogP contribution in [0.2, 0.25) is 0 Å². The van der Waals surface area contributed by atoms with Crippen LogP contribution in [-0.4, -0.2) is 26.0 Å². The van der Waals surface area contributed by atoms with Crippen molar-refractivity contribution in [2.45, 2.75) is 13.0 Å². The van der Waals surface area contributed by atoms with Crippen molar-refractivity contribution in [3.05, 3.63) is 89.5 Å².